The highest BCUT2D eigenvalue weighted by Gasteiger charge is 2.30. The summed E-state index contributed by atoms with van der Waals surface area (Å²) < 4.78 is 5.98. The minimum Gasteiger partial charge on any atom is -0.488 e. The summed E-state index contributed by atoms with van der Waals surface area (Å²) in [7, 11) is 0. The predicted molar refractivity (Wildman–Crippen MR) is 73.2 cm³/mol. The first-order valence-electron chi connectivity index (χ1n) is 6.87. The van der Waals surface area contributed by atoms with E-state index in [1.165, 1.54) is 17.5 Å². The first-order chi connectivity index (χ1) is 8.65. The van der Waals surface area contributed by atoms with Crippen LogP contribution in [0.3, 0.4) is 0 Å². The zero-order chi connectivity index (χ0) is 12.6. The number of ether oxygens (including phenoxy) is 1. The quantitative estimate of drug-likeness (QED) is 0.850. The summed E-state index contributed by atoms with van der Waals surface area (Å²) in [6.07, 6.45) is 2.53. The third-order valence-electron chi connectivity index (χ3n) is 4.08. The van der Waals surface area contributed by atoms with Gasteiger partial charge in [0.05, 0.1) is 0 Å². The topological polar surface area (TPSA) is 33.3 Å². The maximum Gasteiger partial charge on any atom is 0.123 e. The molecule has 3 heteroatoms. The van der Waals surface area contributed by atoms with Crippen LogP contribution in [0.4, 0.5) is 0 Å². The molecule has 2 heterocycles. The molecule has 0 radical (unpaired) electrons. The second-order valence-electron chi connectivity index (χ2n) is 5.92. The Morgan fingerprint density at radius 1 is 1.50 bits per heavy atom. The molecule has 2 aliphatic heterocycles. The normalized spacial score (nSPS) is 30.2. The van der Waals surface area contributed by atoms with Crippen molar-refractivity contribution in [1.82, 2.24) is 10.6 Å². The fraction of sp³-hybridized carbons (Fsp3) is 0.600. The summed E-state index contributed by atoms with van der Waals surface area (Å²) in [6.45, 7) is 7.54. The first-order valence-corrected chi connectivity index (χ1v) is 6.87. The molecule has 3 rings (SSSR count). The lowest BCUT2D eigenvalue weighted by Crippen LogP contribution is -2.48. The van der Waals surface area contributed by atoms with E-state index in [0.717, 1.165) is 31.8 Å². The summed E-state index contributed by atoms with van der Waals surface area (Å²) in [6, 6.07) is 6.47. The zero-order valence-electron chi connectivity index (χ0n) is 11.3. The van der Waals surface area contributed by atoms with Gasteiger partial charge in [0.2, 0.25) is 0 Å². The standard InChI is InChI=1S/C15H22N2O/c1-11-3-4-14-12(7-11)8-13(18-14)9-17-15(2)5-6-16-10-15/h3-4,7,13,16-17H,5-6,8-10H2,1-2H3. The summed E-state index contributed by atoms with van der Waals surface area (Å²) in [5.74, 6) is 1.07. The van der Waals surface area contributed by atoms with Crippen LogP contribution in [0, 0.1) is 6.92 Å². The molecule has 0 amide bonds. The van der Waals surface area contributed by atoms with E-state index in [1.807, 2.05) is 0 Å². The van der Waals surface area contributed by atoms with Crippen molar-refractivity contribution in [2.75, 3.05) is 19.6 Å². The van der Waals surface area contributed by atoms with Crippen molar-refractivity contribution in [3.8, 4) is 5.75 Å². The highest BCUT2D eigenvalue weighted by Crippen LogP contribution is 2.29. The van der Waals surface area contributed by atoms with Crippen molar-refractivity contribution >= 4 is 0 Å². The van der Waals surface area contributed by atoms with Crippen LogP contribution in [0.15, 0.2) is 18.2 Å². The molecule has 2 unspecified atom stereocenters. The molecule has 0 spiro atoms. The second kappa shape index (κ2) is 4.56. The lowest BCUT2D eigenvalue weighted by molar-refractivity contribution is 0.208. The highest BCUT2D eigenvalue weighted by molar-refractivity contribution is 5.40. The van der Waals surface area contributed by atoms with Crippen LogP contribution in [0.5, 0.6) is 5.75 Å². The van der Waals surface area contributed by atoms with Crippen molar-refractivity contribution in [3.05, 3.63) is 29.3 Å². The average Bonchev–Trinajstić information content (AvgIpc) is 2.93. The van der Waals surface area contributed by atoms with Gasteiger partial charge in [-0.1, -0.05) is 17.7 Å². The summed E-state index contributed by atoms with van der Waals surface area (Å²) in [4.78, 5) is 0. The van der Waals surface area contributed by atoms with Crippen molar-refractivity contribution < 1.29 is 4.74 Å². The molecule has 0 bridgehead atoms. The van der Waals surface area contributed by atoms with E-state index in [-0.39, 0.29) is 5.54 Å². The van der Waals surface area contributed by atoms with Gasteiger partial charge in [-0.3, -0.25) is 0 Å². The molecule has 2 N–H and O–H groups in total. The Hall–Kier alpha value is -1.06. The molecule has 0 saturated carbocycles. The van der Waals surface area contributed by atoms with Crippen molar-refractivity contribution in [2.45, 2.75) is 38.3 Å². The Morgan fingerprint density at radius 2 is 2.39 bits per heavy atom. The van der Waals surface area contributed by atoms with E-state index in [2.05, 4.69) is 42.7 Å². The summed E-state index contributed by atoms with van der Waals surface area (Å²) in [5.41, 5.74) is 2.92. The molecular formula is C15H22N2O. The van der Waals surface area contributed by atoms with Crippen LogP contribution in [0.2, 0.25) is 0 Å². The lowest BCUT2D eigenvalue weighted by atomic mass is 10.0. The number of nitrogens with one attached hydrogen (secondary N) is 2. The van der Waals surface area contributed by atoms with Gasteiger partial charge in [0.1, 0.15) is 11.9 Å². The van der Waals surface area contributed by atoms with Gasteiger partial charge in [0.15, 0.2) is 0 Å². The molecular weight excluding hydrogens is 224 g/mol. The number of hydrogen-bond acceptors (Lipinski definition) is 3. The van der Waals surface area contributed by atoms with Crippen molar-refractivity contribution in [2.24, 2.45) is 0 Å². The molecule has 2 aliphatic rings. The Morgan fingerprint density at radius 3 is 3.17 bits per heavy atom. The van der Waals surface area contributed by atoms with Gasteiger partial charge >= 0.3 is 0 Å². The predicted octanol–water partition coefficient (Wildman–Crippen LogP) is 1.64. The Balaban J connectivity index is 1.58. The Bertz CT molecular complexity index is 438. The van der Waals surface area contributed by atoms with E-state index in [4.69, 9.17) is 4.74 Å². The van der Waals surface area contributed by atoms with Crippen LogP contribution < -0.4 is 15.4 Å². The summed E-state index contributed by atoms with van der Waals surface area (Å²) in [5, 5.41) is 7.07. The largest absolute Gasteiger partial charge is 0.488 e. The minimum atomic E-state index is 0.244. The van der Waals surface area contributed by atoms with Crippen molar-refractivity contribution in [3.63, 3.8) is 0 Å². The summed E-state index contributed by atoms with van der Waals surface area (Å²) >= 11 is 0. The Kier molecular flexibility index (Phi) is 3.04. The van der Waals surface area contributed by atoms with E-state index in [1.54, 1.807) is 0 Å². The number of rotatable bonds is 3. The molecule has 18 heavy (non-hydrogen) atoms. The van der Waals surface area contributed by atoms with Gasteiger partial charge in [-0.15, -0.1) is 0 Å². The molecule has 1 saturated heterocycles. The molecule has 1 aromatic carbocycles. The zero-order valence-corrected chi connectivity index (χ0v) is 11.3. The van der Waals surface area contributed by atoms with Gasteiger partial charge in [0, 0.05) is 25.0 Å². The van der Waals surface area contributed by atoms with E-state index < -0.39 is 0 Å². The number of benzene rings is 1. The maximum absolute atomic E-state index is 5.98. The molecule has 1 fully saturated rings. The second-order valence-corrected chi connectivity index (χ2v) is 5.92. The molecule has 0 aromatic heterocycles. The van der Waals surface area contributed by atoms with E-state index in [9.17, 15) is 0 Å². The minimum absolute atomic E-state index is 0.244. The number of aryl methyl sites for hydroxylation is 1. The van der Waals surface area contributed by atoms with Gasteiger partial charge in [0.25, 0.3) is 0 Å². The van der Waals surface area contributed by atoms with Crippen LogP contribution in [-0.2, 0) is 6.42 Å². The van der Waals surface area contributed by atoms with Gasteiger partial charge < -0.3 is 15.4 Å². The molecule has 3 nitrogen and oxygen atoms in total. The average molecular weight is 246 g/mol. The van der Waals surface area contributed by atoms with Gasteiger partial charge in [-0.05, 0) is 38.4 Å². The number of fused-ring (bicyclic) bond motifs is 1. The van der Waals surface area contributed by atoms with Gasteiger partial charge in [-0.2, -0.15) is 0 Å². The van der Waals surface area contributed by atoms with Gasteiger partial charge in [-0.25, -0.2) is 0 Å². The first kappa shape index (κ1) is 12.0. The van der Waals surface area contributed by atoms with E-state index >= 15 is 0 Å². The van der Waals surface area contributed by atoms with Crippen molar-refractivity contribution in [1.29, 1.82) is 0 Å². The van der Waals surface area contributed by atoms with Crippen LogP contribution in [0.25, 0.3) is 0 Å². The fourth-order valence-electron chi connectivity index (χ4n) is 2.89. The van der Waals surface area contributed by atoms with Crippen LogP contribution in [-0.4, -0.2) is 31.3 Å². The molecule has 98 valence electrons. The highest BCUT2D eigenvalue weighted by atomic mass is 16.5. The van der Waals surface area contributed by atoms with Crippen LogP contribution >= 0.6 is 0 Å². The van der Waals surface area contributed by atoms with Crippen LogP contribution in [0.1, 0.15) is 24.5 Å². The number of hydrogen-bond donors (Lipinski definition) is 2. The Labute approximate surface area is 109 Å². The monoisotopic (exact) mass is 246 g/mol. The fourth-order valence-corrected chi connectivity index (χ4v) is 2.89. The molecule has 1 aromatic rings. The third-order valence-corrected chi connectivity index (χ3v) is 4.08. The lowest BCUT2D eigenvalue weighted by Gasteiger charge is -2.26. The third kappa shape index (κ3) is 2.38. The molecule has 0 aliphatic carbocycles. The smallest absolute Gasteiger partial charge is 0.123 e. The SMILES string of the molecule is Cc1ccc2c(c1)CC(CNC1(C)CCNC1)O2. The maximum atomic E-state index is 5.98. The molecule has 2 atom stereocenters. The van der Waals surface area contributed by atoms with E-state index in [0.29, 0.717) is 6.10 Å².